The summed E-state index contributed by atoms with van der Waals surface area (Å²) < 4.78 is 5.11. The maximum absolute atomic E-state index is 12.3. The molecule has 0 radical (unpaired) electrons. The second-order valence-electron chi connectivity index (χ2n) is 6.70. The number of nitrogens with zero attached hydrogens (tertiary/aromatic N) is 1. The lowest BCUT2D eigenvalue weighted by Crippen LogP contribution is -2.28. The molecule has 1 N–H and O–H groups in total. The van der Waals surface area contributed by atoms with Crippen molar-refractivity contribution in [3.05, 3.63) is 59.7 Å². The largest absolute Gasteiger partial charge is 0.455 e. The van der Waals surface area contributed by atoms with E-state index in [4.69, 9.17) is 4.74 Å². The van der Waals surface area contributed by atoms with Crippen molar-refractivity contribution in [3.8, 4) is 0 Å². The van der Waals surface area contributed by atoms with Crippen molar-refractivity contribution in [2.45, 2.75) is 20.3 Å². The van der Waals surface area contributed by atoms with Gasteiger partial charge in [0.2, 0.25) is 5.91 Å². The second kappa shape index (κ2) is 8.03. The van der Waals surface area contributed by atoms with Crippen LogP contribution in [0.3, 0.4) is 0 Å². The number of esters is 1. The van der Waals surface area contributed by atoms with Gasteiger partial charge in [-0.25, -0.2) is 0 Å². The van der Waals surface area contributed by atoms with Gasteiger partial charge in [-0.1, -0.05) is 24.3 Å². The molecule has 6 heteroatoms. The van der Waals surface area contributed by atoms with Crippen molar-refractivity contribution in [1.29, 1.82) is 0 Å². The summed E-state index contributed by atoms with van der Waals surface area (Å²) in [5.74, 6) is -1.62. The lowest BCUT2D eigenvalue weighted by atomic mass is 10.1. The van der Waals surface area contributed by atoms with Gasteiger partial charge < -0.3 is 15.0 Å². The third-order valence-corrected chi connectivity index (χ3v) is 4.66. The topological polar surface area (TPSA) is 75.7 Å². The minimum Gasteiger partial charge on any atom is -0.455 e. The van der Waals surface area contributed by atoms with Crippen LogP contribution in [-0.4, -0.2) is 30.9 Å². The fraction of sp³-hybridized carbons (Fsp3) is 0.286. The Morgan fingerprint density at radius 3 is 2.56 bits per heavy atom. The quantitative estimate of drug-likeness (QED) is 0.826. The number of amides is 2. The summed E-state index contributed by atoms with van der Waals surface area (Å²) in [6.45, 7) is 3.88. The zero-order valence-corrected chi connectivity index (χ0v) is 15.4. The van der Waals surface area contributed by atoms with E-state index in [-0.39, 0.29) is 25.5 Å². The van der Waals surface area contributed by atoms with Crippen molar-refractivity contribution in [2.24, 2.45) is 5.92 Å². The second-order valence-corrected chi connectivity index (χ2v) is 6.70. The first kappa shape index (κ1) is 18.6. The summed E-state index contributed by atoms with van der Waals surface area (Å²) >= 11 is 0. The van der Waals surface area contributed by atoms with Crippen molar-refractivity contribution in [3.63, 3.8) is 0 Å². The van der Waals surface area contributed by atoms with E-state index < -0.39 is 17.8 Å². The average Bonchev–Trinajstić information content (AvgIpc) is 3.05. The van der Waals surface area contributed by atoms with Crippen LogP contribution in [0.4, 0.5) is 11.4 Å². The predicted molar refractivity (Wildman–Crippen MR) is 102 cm³/mol. The molecule has 2 amide bonds. The summed E-state index contributed by atoms with van der Waals surface area (Å²) in [5.41, 5.74) is 3.64. The lowest BCUT2D eigenvalue weighted by Gasteiger charge is -2.17. The van der Waals surface area contributed by atoms with Crippen molar-refractivity contribution in [2.75, 3.05) is 23.4 Å². The molecule has 0 spiro atoms. The molecule has 3 rings (SSSR count). The molecule has 2 aromatic carbocycles. The van der Waals surface area contributed by atoms with E-state index in [9.17, 15) is 14.4 Å². The van der Waals surface area contributed by atoms with Crippen molar-refractivity contribution < 1.29 is 19.1 Å². The van der Waals surface area contributed by atoms with Crippen molar-refractivity contribution in [1.82, 2.24) is 0 Å². The molecule has 0 bridgehead atoms. The maximum Gasteiger partial charge on any atom is 0.311 e. The number of nitrogens with one attached hydrogen (secondary N) is 1. The number of carbonyl (C=O) groups is 3. The normalized spacial score (nSPS) is 16.3. The van der Waals surface area contributed by atoms with Crippen LogP contribution in [0.5, 0.6) is 0 Å². The first-order valence-corrected chi connectivity index (χ1v) is 8.83. The van der Waals surface area contributed by atoms with E-state index in [1.54, 1.807) is 29.2 Å². The summed E-state index contributed by atoms with van der Waals surface area (Å²) in [6, 6.07) is 14.7. The molecule has 0 unspecified atom stereocenters. The number of hydrogen-bond acceptors (Lipinski definition) is 4. The highest BCUT2D eigenvalue weighted by atomic mass is 16.5. The van der Waals surface area contributed by atoms with Gasteiger partial charge in [0.25, 0.3) is 5.91 Å². The molecule has 0 saturated carbocycles. The number of ether oxygens (including phenoxy) is 1. The minimum atomic E-state index is -0.566. The Balaban J connectivity index is 1.54. The molecule has 0 aliphatic carbocycles. The Labute approximate surface area is 158 Å². The smallest absolute Gasteiger partial charge is 0.311 e. The molecular weight excluding hydrogens is 344 g/mol. The van der Waals surface area contributed by atoms with Crippen LogP contribution in [-0.2, 0) is 19.1 Å². The fourth-order valence-corrected chi connectivity index (χ4v) is 2.98. The van der Waals surface area contributed by atoms with Crippen LogP contribution in [0.25, 0.3) is 0 Å². The molecule has 2 aromatic rings. The van der Waals surface area contributed by atoms with E-state index in [1.165, 1.54) is 0 Å². The van der Waals surface area contributed by atoms with Crippen LogP contribution in [0, 0.1) is 19.8 Å². The standard InChI is InChI=1S/C21H22N2O4/c1-14-8-9-18(10-15(14)2)23-12-16(11-20(23)25)21(26)27-13-19(24)22-17-6-4-3-5-7-17/h3-10,16H,11-13H2,1-2H3,(H,22,24)/t16-/m0/s1. The summed E-state index contributed by atoms with van der Waals surface area (Å²) in [4.78, 5) is 38.1. The molecule has 1 fully saturated rings. The summed E-state index contributed by atoms with van der Waals surface area (Å²) in [6.07, 6.45) is 0.0893. The van der Waals surface area contributed by atoms with Crippen LogP contribution in [0.1, 0.15) is 17.5 Å². The van der Waals surface area contributed by atoms with Gasteiger partial charge in [-0.05, 0) is 49.2 Å². The first-order valence-electron chi connectivity index (χ1n) is 8.83. The van der Waals surface area contributed by atoms with Crippen LogP contribution in [0.15, 0.2) is 48.5 Å². The monoisotopic (exact) mass is 366 g/mol. The number of carbonyl (C=O) groups excluding carboxylic acids is 3. The lowest BCUT2D eigenvalue weighted by molar-refractivity contribution is -0.151. The SMILES string of the molecule is Cc1ccc(N2C[C@@H](C(=O)OCC(=O)Nc3ccccc3)CC2=O)cc1C. The molecule has 1 atom stereocenters. The van der Waals surface area contributed by atoms with Gasteiger partial charge in [0.15, 0.2) is 6.61 Å². The Morgan fingerprint density at radius 2 is 1.85 bits per heavy atom. The Bertz CT molecular complexity index is 864. The highest BCUT2D eigenvalue weighted by Crippen LogP contribution is 2.27. The van der Waals surface area contributed by atoms with Gasteiger partial charge in [-0.3, -0.25) is 14.4 Å². The molecule has 0 aromatic heterocycles. The number of anilines is 2. The number of rotatable bonds is 5. The van der Waals surface area contributed by atoms with E-state index in [0.29, 0.717) is 5.69 Å². The highest BCUT2D eigenvalue weighted by molar-refractivity contribution is 6.00. The molecule has 140 valence electrons. The van der Waals surface area contributed by atoms with E-state index in [1.807, 2.05) is 38.1 Å². The van der Waals surface area contributed by atoms with E-state index >= 15 is 0 Å². The Hall–Kier alpha value is -3.15. The van der Waals surface area contributed by atoms with Crippen LogP contribution in [0.2, 0.25) is 0 Å². The molecule has 6 nitrogen and oxygen atoms in total. The Kier molecular flexibility index (Phi) is 5.54. The molecule has 1 aliphatic rings. The van der Waals surface area contributed by atoms with Gasteiger partial charge in [-0.2, -0.15) is 0 Å². The zero-order chi connectivity index (χ0) is 19.4. The predicted octanol–water partition coefficient (Wildman–Crippen LogP) is 2.84. The molecule has 27 heavy (non-hydrogen) atoms. The number of hydrogen-bond donors (Lipinski definition) is 1. The number of aryl methyl sites for hydroxylation is 2. The Morgan fingerprint density at radius 1 is 1.11 bits per heavy atom. The summed E-state index contributed by atoms with van der Waals surface area (Å²) in [7, 11) is 0. The fourth-order valence-electron chi connectivity index (χ4n) is 2.98. The zero-order valence-electron chi connectivity index (χ0n) is 15.4. The van der Waals surface area contributed by atoms with Gasteiger partial charge in [-0.15, -0.1) is 0 Å². The van der Waals surface area contributed by atoms with Gasteiger partial charge in [0.05, 0.1) is 5.92 Å². The van der Waals surface area contributed by atoms with Crippen molar-refractivity contribution >= 4 is 29.2 Å². The molecule has 1 saturated heterocycles. The molecule has 1 heterocycles. The van der Waals surface area contributed by atoms with Crippen LogP contribution < -0.4 is 10.2 Å². The maximum atomic E-state index is 12.3. The third kappa shape index (κ3) is 4.53. The van der Waals surface area contributed by atoms with E-state index in [0.717, 1.165) is 16.8 Å². The molecule has 1 aliphatic heterocycles. The van der Waals surface area contributed by atoms with Gasteiger partial charge in [0, 0.05) is 24.3 Å². The number of benzene rings is 2. The van der Waals surface area contributed by atoms with Gasteiger partial charge in [0.1, 0.15) is 0 Å². The number of para-hydroxylation sites is 1. The highest BCUT2D eigenvalue weighted by Gasteiger charge is 2.36. The van der Waals surface area contributed by atoms with Crippen LogP contribution >= 0.6 is 0 Å². The first-order chi connectivity index (χ1) is 12.9. The average molecular weight is 366 g/mol. The van der Waals surface area contributed by atoms with Gasteiger partial charge >= 0.3 is 5.97 Å². The van der Waals surface area contributed by atoms with E-state index in [2.05, 4.69) is 5.32 Å². The summed E-state index contributed by atoms with van der Waals surface area (Å²) in [5, 5.41) is 2.65. The molecular formula is C21H22N2O4. The minimum absolute atomic E-state index is 0.0893. The third-order valence-electron chi connectivity index (χ3n) is 4.66.